The average Bonchev–Trinajstić information content (AvgIpc) is 2.67. The number of nitrogens with one attached hydrogen (secondary N) is 2. The summed E-state index contributed by atoms with van der Waals surface area (Å²) < 4.78 is 4.70. The number of rotatable bonds is 5. The molecule has 0 atom stereocenters. The van der Waals surface area contributed by atoms with Crippen LogP contribution < -0.4 is 10.6 Å². The Hall–Kier alpha value is -3.67. The van der Waals surface area contributed by atoms with Crippen molar-refractivity contribution in [1.82, 2.24) is 4.98 Å². The van der Waals surface area contributed by atoms with Gasteiger partial charge >= 0.3 is 5.97 Å². The number of amides is 1. The highest BCUT2D eigenvalue weighted by Crippen LogP contribution is 2.20. The Morgan fingerprint density at radius 3 is 2.29 bits per heavy atom. The van der Waals surface area contributed by atoms with Gasteiger partial charge in [0.1, 0.15) is 0 Å². The molecule has 0 unspecified atom stereocenters. The lowest BCUT2D eigenvalue weighted by molar-refractivity contribution is 0.0600. The molecule has 1 aromatic heterocycles. The van der Waals surface area contributed by atoms with E-state index in [1.165, 1.54) is 13.3 Å². The first-order valence-corrected chi connectivity index (χ1v) is 8.75. The summed E-state index contributed by atoms with van der Waals surface area (Å²) in [5, 5.41) is 6.05. The van der Waals surface area contributed by atoms with E-state index in [0.29, 0.717) is 22.5 Å². The third-order valence-corrected chi connectivity index (χ3v) is 4.05. The Labute approximate surface area is 163 Å². The van der Waals surface area contributed by atoms with Crippen molar-refractivity contribution in [3.63, 3.8) is 0 Å². The van der Waals surface area contributed by atoms with Crippen molar-refractivity contribution in [3.05, 3.63) is 83.2 Å². The molecule has 3 rings (SSSR count). The molecule has 0 aliphatic rings. The van der Waals surface area contributed by atoms with Crippen LogP contribution in [0.4, 0.5) is 17.1 Å². The van der Waals surface area contributed by atoms with Crippen LogP contribution in [0.25, 0.3) is 0 Å². The summed E-state index contributed by atoms with van der Waals surface area (Å²) in [5.74, 6) is -0.781. The van der Waals surface area contributed by atoms with Crippen LogP contribution in [-0.4, -0.2) is 24.0 Å². The zero-order valence-electron chi connectivity index (χ0n) is 15.9. The third-order valence-electron chi connectivity index (χ3n) is 4.05. The van der Waals surface area contributed by atoms with E-state index in [-0.39, 0.29) is 5.91 Å². The molecule has 0 spiro atoms. The highest BCUT2D eigenvalue weighted by atomic mass is 16.5. The van der Waals surface area contributed by atoms with Crippen LogP contribution in [0, 0.1) is 13.8 Å². The maximum Gasteiger partial charge on any atom is 0.337 e. The third kappa shape index (κ3) is 4.73. The Morgan fingerprint density at radius 2 is 1.57 bits per heavy atom. The highest BCUT2D eigenvalue weighted by Gasteiger charge is 2.10. The van der Waals surface area contributed by atoms with E-state index in [9.17, 15) is 9.59 Å². The number of hydrogen-bond donors (Lipinski definition) is 2. The Kier molecular flexibility index (Phi) is 5.69. The van der Waals surface area contributed by atoms with Gasteiger partial charge in [-0.3, -0.25) is 9.78 Å². The molecule has 0 saturated heterocycles. The molecule has 1 heterocycles. The predicted molar refractivity (Wildman–Crippen MR) is 109 cm³/mol. The van der Waals surface area contributed by atoms with Gasteiger partial charge in [0, 0.05) is 17.6 Å². The van der Waals surface area contributed by atoms with E-state index in [0.717, 1.165) is 16.8 Å². The number of nitrogens with zero attached hydrogens (tertiary/aromatic N) is 1. The zero-order valence-corrected chi connectivity index (χ0v) is 15.9. The number of carbonyl (C=O) groups excluding carboxylic acids is 2. The van der Waals surface area contributed by atoms with Crippen LogP contribution in [0.15, 0.2) is 60.9 Å². The van der Waals surface area contributed by atoms with E-state index in [4.69, 9.17) is 4.74 Å². The minimum Gasteiger partial charge on any atom is -0.465 e. The fourth-order valence-electron chi connectivity index (χ4n) is 2.89. The van der Waals surface area contributed by atoms with Crippen molar-refractivity contribution < 1.29 is 14.3 Å². The van der Waals surface area contributed by atoms with Crippen molar-refractivity contribution in [1.29, 1.82) is 0 Å². The van der Waals surface area contributed by atoms with Gasteiger partial charge in [0.25, 0.3) is 5.91 Å². The molecule has 0 saturated carbocycles. The Morgan fingerprint density at radius 1 is 0.857 bits per heavy atom. The fraction of sp³-hybridized carbons (Fsp3) is 0.136. The van der Waals surface area contributed by atoms with Crippen LogP contribution in [-0.2, 0) is 4.74 Å². The van der Waals surface area contributed by atoms with Crippen molar-refractivity contribution in [2.45, 2.75) is 13.8 Å². The summed E-state index contributed by atoms with van der Waals surface area (Å²) in [6.07, 6.45) is 3.15. The van der Waals surface area contributed by atoms with Crippen LogP contribution in [0.3, 0.4) is 0 Å². The summed E-state index contributed by atoms with van der Waals surface area (Å²) in [6.45, 7) is 4.06. The molecule has 6 heteroatoms. The van der Waals surface area contributed by atoms with E-state index in [1.54, 1.807) is 36.5 Å². The molecule has 2 aromatic carbocycles. The molecule has 0 bridgehead atoms. The fourth-order valence-corrected chi connectivity index (χ4v) is 2.89. The van der Waals surface area contributed by atoms with Crippen LogP contribution in [0.1, 0.15) is 31.8 Å². The lowest BCUT2D eigenvalue weighted by atomic mass is 10.1. The van der Waals surface area contributed by atoms with Gasteiger partial charge < -0.3 is 15.4 Å². The number of aromatic nitrogens is 1. The van der Waals surface area contributed by atoms with Gasteiger partial charge in [-0.15, -0.1) is 0 Å². The van der Waals surface area contributed by atoms with E-state index in [1.807, 2.05) is 26.0 Å². The van der Waals surface area contributed by atoms with Gasteiger partial charge in [0.15, 0.2) is 0 Å². The van der Waals surface area contributed by atoms with Crippen molar-refractivity contribution in [2.75, 3.05) is 17.7 Å². The first kappa shape index (κ1) is 19.1. The standard InChI is InChI=1S/C22H21N3O3/c1-14-7-15(2)9-19(8-14)24-20-11-17(12-23-13-20)21(26)25-18-6-4-5-16(10-18)22(27)28-3/h4-13,24H,1-3H3,(H,25,26). The van der Waals surface area contributed by atoms with E-state index >= 15 is 0 Å². The minimum absolute atomic E-state index is 0.321. The molecule has 1 amide bonds. The number of hydrogen-bond acceptors (Lipinski definition) is 5. The second-order valence-corrected chi connectivity index (χ2v) is 6.49. The first-order valence-electron chi connectivity index (χ1n) is 8.75. The monoisotopic (exact) mass is 375 g/mol. The van der Waals surface area contributed by atoms with Crippen LogP contribution in [0.5, 0.6) is 0 Å². The summed E-state index contributed by atoms with van der Waals surface area (Å²) in [4.78, 5) is 28.4. The van der Waals surface area contributed by atoms with Gasteiger partial charge in [0.2, 0.25) is 0 Å². The topological polar surface area (TPSA) is 80.3 Å². The van der Waals surface area contributed by atoms with Crippen molar-refractivity contribution >= 4 is 28.9 Å². The summed E-state index contributed by atoms with van der Waals surface area (Å²) >= 11 is 0. The number of pyridine rings is 1. The second-order valence-electron chi connectivity index (χ2n) is 6.49. The van der Waals surface area contributed by atoms with E-state index in [2.05, 4.69) is 21.7 Å². The molecule has 28 heavy (non-hydrogen) atoms. The maximum atomic E-state index is 12.6. The quantitative estimate of drug-likeness (QED) is 0.643. The Bertz CT molecular complexity index is 1010. The van der Waals surface area contributed by atoms with E-state index < -0.39 is 5.97 Å². The molecule has 0 radical (unpaired) electrons. The molecule has 2 N–H and O–H groups in total. The van der Waals surface area contributed by atoms with Gasteiger partial charge in [0.05, 0.1) is 30.1 Å². The van der Waals surface area contributed by atoms with Gasteiger partial charge in [-0.25, -0.2) is 4.79 Å². The smallest absolute Gasteiger partial charge is 0.337 e. The van der Waals surface area contributed by atoms with Gasteiger partial charge in [-0.05, 0) is 61.4 Å². The normalized spacial score (nSPS) is 10.2. The largest absolute Gasteiger partial charge is 0.465 e. The molecule has 6 nitrogen and oxygen atoms in total. The number of anilines is 3. The molecular formula is C22H21N3O3. The lowest BCUT2D eigenvalue weighted by Crippen LogP contribution is -2.13. The SMILES string of the molecule is COC(=O)c1cccc(NC(=O)c2cncc(Nc3cc(C)cc(C)c3)c2)c1. The van der Waals surface area contributed by atoms with Crippen LogP contribution >= 0.6 is 0 Å². The second kappa shape index (κ2) is 8.35. The van der Waals surface area contributed by atoms with Gasteiger partial charge in [-0.1, -0.05) is 12.1 Å². The molecular weight excluding hydrogens is 354 g/mol. The molecule has 0 fully saturated rings. The van der Waals surface area contributed by atoms with Crippen LogP contribution in [0.2, 0.25) is 0 Å². The maximum absolute atomic E-state index is 12.6. The highest BCUT2D eigenvalue weighted by molar-refractivity contribution is 6.05. The summed E-state index contributed by atoms with van der Waals surface area (Å²) in [5.41, 5.74) is 5.20. The average molecular weight is 375 g/mol. The number of ether oxygens (including phenoxy) is 1. The first-order chi connectivity index (χ1) is 13.4. The number of methoxy groups -OCH3 is 1. The lowest BCUT2D eigenvalue weighted by Gasteiger charge is -2.10. The number of benzene rings is 2. The Balaban J connectivity index is 1.76. The zero-order chi connectivity index (χ0) is 20.1. The molecule has 3 aromatic rings. The van der Waals surface area contributed by atoms with Gasteiger partial charge in [-0.2, -0.15) is 0 Å². The number of esters is 1. The van der Waals surface area contributed by atoms with Crippen molar-refractivity contribution in [2.24, 2.45) is 0 Å². The summed E-state index contributed by atoms with van der Waals surface area (Å²) in [7, 11) is 1.31. The number of carbonyl (C=O) groups is 2. The molecule has 0 aliphatic heterocycles. The summed E-state index contributed by atoms with van der Waals surface area (Å²) in [6, 6.07) is 14.4. The molecule has 142 valence electrons. The minimum atomic E-state index is -0.461. The predicted octanol–water partition coefficient (Wildman–Crippen LogP) is 4.48. The molecule has 0 aliphatic carbocycles. The van der Waals surface area contributed by atoms with Crippen molar-refractivity contribution in [3.8, 4) is 0 Å². The number of aryl methyl sites for hydroxylation is 2.